The van der Waals surface area contributed by atoms with Crippen LogP contribution in [-0.4, -0.2) is 27.0 Å². The topological polar surface area (TPSA) is 55.1 Å². The van der Waals surface area contributed by atoms with Crippen molar-refractivity contribution in [2.24, 2.45) is 0 Å². The van der Waals surface area contributed by atoms with Crippen molar-refractivity contribution in [1.82, 2.24) is 9.55 Å². The van der Waals surface area contributed by atoms with Crippen LogP contribution in [0.15, 0.2) is 76.7 Å². The van der Waals surface area contributed by atoms with E-state index < -0.39 is 0 Å². The van der Waals surface area contributed by atoms with Crippen molar-refractivity contribution < 1.29 is 5.11 Å². The van der Waals surface area contributed by atoms with Crippen LogP contribution < -0.4 is 5.56 Å². The van der Waals surface area contributed by atoms with Crippen molar-refractivity contribution in [2.75, 3.05) is 12.4 Å². The van der Waals surface area contributed by atoms with Gasteiger partial charge in [0.05, 0.1) is 18.7 Å². The molecular formula is C21H18N2O2S2. The second-order valence-electron chi connectivity index (χ2n) is 6.03. The quantitative estimate of drug-likeness (QED) is 0.392. The highest BCUT2D eigenvalue weighted by Gasteiger charge is 2.15. The highest BCUT2D eigenvalue weighted by Crippen LogP contribution is 2.32. The Morgan fingerprint density at radius 1 is 1.04 bits per heavy atom. The summed E-state index contributed by atoms with van der Waals surface area (Å²) in [4.78, 5) is 19.0. The average molecular weight is 395 g/mol. The predicted molar refractivity (Wildman–Crippen MR) is 113 cm³/mol. The minimum Gasteiger partial charge on any atom is -0.396 e. The molecule has 0 aliphatic heterocycles. The van der Waals surface area contributed by atoms with Crippen LogP contribution in [0.4, 0.5) is 0 Å². The molecule has 0 fully saturated rings. The monoisotopic (exact) mass is 394 g/mol. The second-order valence-corrected chi connectivity index (χ2v) is 8.15. The van der Waals surface area contributed by atoms with E-state index in [0.29, 0.717) is 27.7 Å². The molecule has 4 rings (SSSR count). The van der Waals surface area contributed by atoms with Crippen molar-refractivity contribution in [1.29, 1.82) is 0 Å². The highest BCUT2D eigenvalue weighted by molar-refractivity contribution is 7.99. The molecule has 0 aliphatic rings. The third-order valence-electron chi connectivity index (χ3n) is 4.16. The van der Waals surface area contributed by atoms with Crippen LogP contribution in [0.1, 0.15) is 5.56 Å². The summed E-state index contributed by atoms with van der Waals surface area (Å²) in [5.74, 6) is 0.502. The molecule has 0 saturated carbocycles. The normalized spacial score (nSPS) is 11.1. The van der Waals surface area contributed by atoms with Crippen LogP contribution in [0.5, 0.6) is 0 Å². The first-order chi connectivity index (χ1) is 13.3. The molecule has 2 aromatic carbocycles. The Hall–Kier alpha value is -2.41. The number of thiophene rings is 1. The zero-order valence-electron chi connectivity index (χ0n) is 14.5. The summed E-state index contributed by atoms with van der Waals surface area (Å²) >= 11 is 2.89. The summed E-state index contributed by atoms with van der Waals surface area (Å²) in [5.41, 5.74) is 2.82. The zero-order valence-corrected chi connectivity index (χ0v) is 16.2. The van der Waals surface area contributed by atoms with E-state index in [1.807, 2.05) is 66.7 Å². The number of benzene rings is 2. The number of fused-ring (bicyclic) bond motifs is 1. The first kappa shape index (κ1) is 18.0. The van der Waals surface area contributed by atoms with Gasteiger partial charge in [-0.25, -0.2) is 4.98 Å². The van der Waals surface area contributed by atoms with Crippen LogP contribution >= 0.6 is 23.1 Å². The van der Waals surface area contributed by atoms with Gasteiger partial charge in [-0.1, -0.05) is 72.4 Å². The first-order valence-electron chi connectivity index (χ1n) is 8.63. The van der Waals surface area contributed by atoms with E-state index in [4.69, 9.17) is 4.98 Å². The maximum Gasteiger partial charge on any atom is 0.272 e. The standard InChI is InChI=1S/C21H18N2O2S2/c24-11-12-26-21-22-17-13-18(16-9-5-2-6-10-16)27-19(17)20(25)23(21)14-15-7-3-1-4-8-15/h1-10,13,24H,11-12,14H2. The summed E-state index contributed by atoms with van der Waals surface area (Å²) < 4.78 is 2.38. The summed E-state index contributed by atoms with van der Waals surface area (Å²) in [6, 6.07) is 21.9. The average Bonchev–Trinajstić information content (AvgIpc) is 3.15. The fraction of sp³-hybridized carbons (Fsp3) is 0.143. The van der Waals surface area contributed by atoms with Crippen molar-refractivity contribution in [3.05, 3.63) is 82.6 Å². The lowest BCUT2D eigenvalue weighted by atomic mass is 10.2. The Balaban J connectivity index is 1.84. The zero-order chi connectivity index (χ0) is 18.6. The molecule has 136 valence electrons. The van der Waals surface area contributed by atoms with Gasteiger partial charge in [0.1, 0.15) is 4.70 Å². The lowest BCUT2D eigenvalue weighted by Crippen LogP contribution is -2.23. The molecule has 0 atom stereocenters. The number of hydrogen-bond acceptors (Lipinski definition) is 5. The molecule has 0 amide bonds. The van der Waals surface area contributed by atoms with E-state index in [1.54, 1.807) is 4.57 Å². The van der Waals surface area contributed by atoms with Crippen molar-refractivity contribution in [3.63, 3.8) is 0 Å². The fourth-order valence-corrected chi connectivity index (χ4v) is 4.68. The van der Waals surface area contributed by atoms with E-state index in [9.17, 15) is 9.90 Å². The minimum absolute atomic E-state index is 0.0310. The number of aromatic nitrogens is 2. The smallest absolute Gasteiger partial charge is 0.272 e. The molecule has 4 aromatic rings. The van der Waals surface area contributed by atoms with Crippen LogP contribution in [0, 0.1) is 0 Å². The van der Waals surface area contributed by atoms with Gasteiger partial charge in [0.15, 0.2) is 5.16 Å². The van der Waals surface area contributed by atoms with Crippen molar-refractivity contribution in [3.8, 4) is 10.4 Å². The van der Waals surface area contributed by atoms with Gasteiger partial charge >= 0.3 is 0 Å². The van der Waals surface area contributed by atoms with E-state index in [0.717, 1.165) is 16.0 Å². The summed E-state index contributed by atoms with van der Waals surface area (Å²) in [5, 5.41) is 9.85. The van der Waals surface area contributed by atoms with Crippen LogP contribution in [0.2, 0.25) is 0 Å². The molecule has 0 unspecified atom stereocenters. The maximum absolute atomic E-state index is 13.2. The molecule has 0 spiro atoms. The molecule has 2 aromatic heterocycles. The molecule has 0 aliphatic carbocycles. The van der Waals surface area contributed by atoms with Gasteiger partial charge in [-0.15, -0.1) is 11.3 Å². The highest BCUT2D eigenvalue weighted by atomic mass is 32.2. The summed E-state index contributed by atoms with van der Waals surface area (Å²) in [6.07, 6.45) is 0. The van der Waals surface area contributed by atoms with Gasteiger partial charge in [-0.3, -0.25) is 9.36 Å². The molecule has 2 heterocycles. The fourth-order valence-electron chi connectivity index (χ4n) is 2.89. The van der Waals surface area contributed by atoms with Gasteiger partial charge in [0.2, 0.25) is 0 Å². The Kier molecular flexibility index (Phi) is 5.38. The van der Waals surface area contributed by atoms with Gasteiger partial charge in [-0.05, 0) is 17.2 Å². The van der Waals surface area contributed by atoms with Gasteiger partial charge in [0, 0.05) is 10.6 Å². The molecule has 0 saturated heterocycles. The van der Waals surface area contributed by atoms with E-state index in [1.165, 1.54) is 23.1 Å². The predicted octanol–water partition coefficient (Wildman–Crippen LogP) is 4.26. The number of nitrogens with zero attached hydrogens (tertiary/aromatic N) is 2. The van der Waals surface area contributed by atoms with Gasteiger partial charge < -0.3 is 5.11 Å². The molecule has 4 nitrogen and oxygen atoms in total. The number of aliphatic hydroxyl groups excluding tert-OH is 1. The van der Waals surface area contributed by atoms with Crippen molar-refractivity contribution in [2.45, 2.75) is 11.7 Å². The summed E-state index contributed by atoms with van der Waals surface area (Å²) in [7, 11) is 0. The van der Waals surface area contributed by atoms with Crippen LogP contribution in [0.25, 0.3) is 20.7 Å². The Labute approximate surface area is 165 Å². The van der Waals surface area contributed by atoms with E-state index >= 15 is 0 Å². The first-order valence-corrected chi connectivity index (χ1v) is 10.4. The summed E-state index contributed by atoms with van der Waals surface area (Å²) in [6.45, 7) is 0.512. The molecule has 1 N–H and O–H groups in total. The van der Waals surface area contributed by atoms with Gasteiger partial charge in [0.25, 0.3) is 5.56 Å². The Morgan fingerprint density at radius 3 is 2.44 bits per heavy atom. The molecule has 0 radical (unpaired) electrons. The van der Waals surface area contributed by atoms with E-state index in [-0.39, 0.29) is 12.2 Å². The Morgan fingerprint density at radius 2 is 1.74 bits per heavy atom. The number of aliphatic hydroxyl groups is 1. The molecule has 27 heavy (non-hydrogen) atoms. The minimum atomic E-state index is -0.0310. The van der Waals surface area contributed by atoms with Crippen LogP contribution in [-0.2, 0) is 6.54 Å². The number of thioether (sulfide) groups is 1. The lowest BCUT2D eigenvalue weighted by molar-refractivity contribution is 0.322. The SMILES string of the molecule is O=c1c2sc(-c3ccccc3)cc2nc(SCCO)n1Cc1ccccc1. The van der Waals surface area contributed by atoms with Crippen molar-refractivity contribution >= 4 is 33.3 Å². The lowest BCUT2D eigenvalue weighted by Gasteiger charge is -2.11. The number of rotatable bonds is 6. The molecule has 0 bridgehead atoms. The van der Waals surface area contributed by atoms with E-state index in [2.05, 4.69) is 0 Å². The number of hydrogen-bond donors (Lipinski definition) is 1. The van der Waals surface area contributed by atoms with Crippen LogP contribution in [0.3, 0.4) is 0 Å². The largest absolute Gasteiger partial charge is 0.396 e. The van der Waals surface area contributed by atoms with Gasteiger partial charge in [-0.2, -0.15) is 0 Å². The third-order valence-corrected chi connectivity index (χ3v) is 6.28. The second kappa shape index (κ2) is 8.08. The Bertz CT molecular complexity index is 1110. The maximum atomic E-state index is 13.2. The molecule has 6 heteroatoms. The molecular weight excluding hydrogens is 376 g/mol. The third kappa shape index (κ3) is 3.83.